The first-order valence-electron chi connectivity index (χ1n) is 8.55. The molecule has 1 aliphatic heterocycles. The highest BCUT2D eigenvalue weighted by atomic mass is 32.2. The molecule has 0 saturated carbocycles. The van der Waals surface area contributed by atoms with Gasteiger partial charge in [0.15, 0.2) is 11.5 Å². The van der Waals surface area contributed by atoms with Gasteiger partial charge in [0.2, 0.25) is 5.91 Å². The van der Waals surface area contributed by atoms with E-state index < -0.39 is 0 Å². The molecule has 0 aromatic heterocycles. The SMILES string of the molecule is COc1ccc(CC(=O)N/N=C\c2cccc(OC3CSC3)c2)cc1OC. The van der Waals surface area contributed by atoms with Gasteiger partial charge in [-0.1, -0.05) is 18.2 Å². The Balaban J connectivity index is 1.53. The molecular formula is C20H22N2O4S. The number of nitrogens with zero attached hydrogens (tertiary/aromatic N) is 1. The van der Waals surface area contributed by atoms with Gasteiger partial charge in [0.05, 0.1) is 26.9 Å². The normalized spacial score (nSPS) is 13.9. The number of hydrogen-bond donors (Lipinski definition) is 1. The largest absolute Gasteiger partial charge is 0.493 e. The zero-order valence-corrected chi connectivity index (χ0v) is 16.1. The predicted molar refractivity (Wildman–Crippen MR) is 107 cm³/mol. The molecule has 0 spiro atoms. The molecule has 2 aromatic carbocycles. The number of carbonyl (C=O) groups is 1. The van der Waals surface area contributed by atoms with E-state index in [1.165, 1.54) is 0 Å². The number of ether oxygens (including phenoxy) is 3. The van der Waals surface area contributed by atoms with Crippen LogP contribution in [0.15, 0.2) is 47.6 Å². The molecule has 7 heteroatoms. The molecule has 0 atom stereocenters. The van der Waals surface area contributed by atoms with Crippen LogP contribution in [0.2, 0.25) is 0 Å². The van der Waals surface area contributed by atoms with Crippen LogP contribution in [-0.4, -0.2) is 44.0 Å². The minimum atomic E-state index is -0.211. The second-order valence-corrected chi connectivity index (χ2v) is 7.08. The highest BCUT2D eigenvalue weighted by molar-refractivity contribution is 8.00. The van der Waals surface area contributed by atoms with Crippen molar-refractivity contribution in [2.75, 3.05) is 25.7 Å². The number of nitrogens with one attached hydrogen (secondary N) is 1. The lowest BCUT2D eigenvalue weighted by atomic mass is 10.1. The maximum atomic E-state index is 12.1. The number of hydrazone groups is 1. The Morgan fingerprint density at radius 3 is 2.70 bits per heavy atom. The molecule has 6 nitrogen and oxygen atoms in total. The molecule has 2 aromatic rings. The van der Waals surface area contributed by atoms with E-state index in [1.807, 2.05) is 42.1 Å². The zero-order valence-electron chi connectivity index (χ0n) is 15.3. The number of hydrogen-bond acceptors (Lipinski definition) is 6. The van der Waals surface area contributed by atoms with E-state index in [0.29, 0.717) is 17.6 Å². The Bertz CT molecular complexity index is 821. The van der Waals surface area contributed by atoms with Crippen molar-refractivity contribution in [2.24, 2.45) is 5.10 Å². The third-order valence-electron chi connectivity index (χ3n) is 3.98. The van der Waals surface area contributed by atoms with Crippen molar-refractivity contribution >= 4 is 23.9 Å². The first-order valence-corrected chi connectivity index (χ1v) is 9.70. The van der Waals surface area contributed by atoms with Crippen LogP contribution in [0.25, 0.3) is 0 Å². The third-order valence-corrected chi connectivity index (χ3v) is 5.20. The van der Waals surface area contributed by atoms with Gasteiger partial charge in [-0.3, -0.25) is 4.79 Å². The summed E-state index contributed by atoms with van der Waals surface area (Å²) in [7, 11) is 3.14. The quantitative estimate of drug-likeness (QED) is 0.558. The highest BCUT2D eigenvalue weighted by Gasteiger charge is 2.19. The van der Waals surface area contributed by atoms with Crippen LogP contribution in [0.4, 0.5) is 0 Å². The average Bonchev–Trinajstić information content (AvgIpc) is 2.65. The van der Waals surface area contributed by atoms with Gasteiger partial charge in [0.1, 0.15) is 11.9 Å². The monoisotopic (exact) mass is 386 g/mol. The number of carbonyl (C=O) groups excluding carboxylic acids is 1. The van der Waals surface area contributed by atoms with E-state index in [0.717, 1.165) is 28.4 Å². The summed E-state index contributed by atoms with van der Waals surface area (Å²) >= 11 is 1.88. The van der Waals surface area contributed by atoms with Crippen molar-refractivity contribution in [1.29, 1.82) is 0 Å². The number of rotatable bonds is 8. The van der Waals surface area contributed by atoms with E-state index in [9.17, 15) is 4.79 Å². The van der Waals surface area contributed by atoms with E-state index in [1.54, 1.807) is 32.6 Å². The Hall–Kier alpha value is -2.67. The molecule has 1 heterocycles. The number of methoxy groups -OCH3 is 2. The summed E-state index contributed by atoms with van der Waals surface area (Å²) < 4.78 is 16.3. The summed E-state index contributed by atoms with van der Waals surface area (Å²) in [6.07, 6.45) is 2.10. The molecule has 27 heavy (non-hydrogen) atoms. The summed E-state index contributed by atoms with van der Waals surface area (Å²) in [6, 6.07) is 13.0. The van der Waals surface area contributed by atoms with Crippen LogP contribution in [0.3, 0.4) is 0 Å². The predicted octanol–water partition coefficient (Wildman–Crippen LogP) is 2.89. The lowest BCUT2D eigenvalue weighted by Crippen LogP contribution is -2.31. The van der Waals surface area contributed by atoms with Gasteiger partial charge < -0.3 is 14.2 Å². The van der Waals surface area contributed by atoms with Crippen molar-refractivity contribution in [3.8, 4) is 17.2 Å². The summed E-state index contributed by atoms with van der Waals surface area (Å²) in [4.78, 5) is 12.1. The molecule has 1 fully saturated rings. The number of thioether (sulfide) groups is 1. The maximum absolute atomic E-state index is 12.1. The molecule has 142 valence electrons. The fraction of sp³-hybridized carbons (Fsp3) is 0.300. The topological polar surface area (TPSA) is 69.2 Å². The fourth-order valence-corrected chi connectivity index (χ4v) is 3.10. The van der Waals surface area contributed by atoms with Crippen LogP contribution in [-0.2, 0) is 11.2 Å². The van der Waals surface area contributed by atoms with Gasteiger partial charge in [-0.15, -0.1) is 0 Å². The highest BCUT2D eigenvalue weighted by Crippen LogP contribution is 2.27. The van der Waals surface area contributed by atoms with Crippen LogP contribution in [0, 0.1) is 0 Å². The summed E-state index contributed by atoms with van der Waals surface area (Å²) in [5.41, 5.74) is 4.22. The van der Waals surface area contributed by atoms with Crippen molar-refractivity contribution in [3.63, 3.8) is 0 Å². The van der Waals surface area contributed by atoms with Crippen molar-refractivity contribution in [1.82, 2.24) is 5.43 Å². The third kappa shape index (κ3) is 5.40. The van der Waals surface area contributed by atoms with Crippen molar-refractivity contribution in [2.45, 2.75) is 12.5 Å². The first-order chi connectivity index (χ1) is 13.2. The molecular weight excluding hydrogens is 364 g/mol. The fourth-order valence-electron chi connectivity index (χ4n) is 2.54. The molecule has 1 amide bonds. The minimum absolute atomic E-state index is 0.195. The standard InChI is InChI=1S/C20H22N2O4S/c1-24-18-7-6-14(9-19(18)25-2)10-20(23)22-21-11-15-4-3-5-16(8-15)26-17-12-27-13-17/h3-9,11,17H,10,12-13H2,1-2H3,(H,22,23)/b21-11-. The van der Waals surface area contributed by atoms with Gasteiger partial charge in [-0.2, -0.15) is 16.9 Å². The van der Waals surface area contributed by atoms with Gasteiger partial charge in [0, 0.05) is 11.5 Å². The lowest BCUT2D eigenvalue weighted by Gasteiger charge is -2.25. The molecule has 0 unspecified atom stereocenters. The van der Waals surface area contributed by atoms with Crippen LogP contribution in [0.5, 0.6) is 17.2 Å². The Kier molecular flexibility index (Phi) is 6.59. The Morgan fingerprint density at radius 1 is 1.19 bits per heavy atom. The van der Waals surface area contributed by atoms with Crippen molar-refractivity contribution < 1.29 is 19.0 Å². The molecule has 0 radical (unpaired) electrons. The molecule has 1 aliphatic rings. The summed E-state index contributed by atoms with van der Waals surface area (Å²) in [5, 5.41) is 4.03. The van der Waals surface area contributed by atoms with Crippen LogP contribution in [0.1, 0.15) is 11.1 Å². The Labute approximate surface area is 162 Å². The van der Waals surface area contributed by atoms with E-state index >= 15 is 0 Å². The number of benzene rings is 2. The van der Waals surface area contributed by atoms with Gasteiger partial charge >= 0.3 is 0 Å². The lowest BCUT2D eigenvalue weighted by molar-refractivity contribution is -0.120. The molecule has 0 aliphatic carbocycles. The zero-order chi connectivity index (χ0) is 19.1. The van der Waals surface area contributed by atoms with Gasteiger partial charge in [-0.05, 0) is 35.4 Å². The average molecular weight is 386 g/mol. The number of amides is 1. The van der Waals surface area contributed by atoms with Crippen LogP contribution >= 0.6 is 11.8 Å². The second-order valence-electron chi connectivity index (χ2n) is 6.01. The van der Waals surface area contributed by atoms with Gasteiger partial charge in [-0.25, -0.2) is 5.43 Å². The Morgan fingerprint density at radius 2 is 2.00 bits per heavy atom. The summed E-state index contributed by atoms with van der Waals surface area (Å²) in [5.74, 6) is 3.89. The molecule has 0 bridgehead atoms. The molecule has 1 saturated heterocycles. The maximum Gasteiger partial charge on any atom is 0.244 e. The van der Waals surface area contributed by atoms with Crippen LogP contribution < -0.4 is 19.6 Å². The van der Waals surface area contributed by atoms with E-state index in [-0.39, 0.29) is 12.3 Å². The molecule has 1 N–H and O–H groups in total. The van der Waals surface area contributed by atoms with Crippen molar-refractivity contribution in [3.05, 3.63) is 53.6 Å². The van der Waals surface area contributed by atoms with E-state index in [4.69, 9.17) is 14.2 Å². The second kappa shape index (κ2) is 9.32. The van der Waals surface area contributed by atoms with E-state index in [2.05, 4.69) is 10.5 Å². The summed E-state index contributed by atoms with van der Waals surface area (Å²) in [6.45, 7) is 0. The first kappa shape index (κ1) is 19.1. The van der Waals surface area contributed by atoms with Gasteiger partial charge in [0.25, 0.3) is 0 Å². The molecule has 3 rings (SSSR count). The smallest absolute Gasteiger partial charge is 0.244 e. The minimum Gasteiger partial charge on any atom is -0.493 e.